The van der Waals surface area contributed by atoms with E-state index in [1.54, 1.807) is 0 Å². The van der Waals surface area contributed by atoms with Gasteiger partial charge in [-0.2, -0.15) is 0 Å². The second kappa shape index (κ2) is 4.89. The van der Waals surface area contributed by atoms with Crippen LogP contribution in [0.3, 0.4) is 0 Å². The van der Waals surface area contributed by atoms with Gasteiger partial charge in [-0.1, -0.05) is 0 Å². The first-order chi connectivity index (χ1) is 7.40. The normalized spacial score (nSPS) is 11.9. The first kappa shape index (κ1) is 12.4. The molecule has 0 aliphatic heterocycles. The predicted octanol–water partition coefficient (Wildman–Crippen LogP) is 2.30. The molecule has 16 heavy (non-hydrogen) atoms. The van der Waals surface area contributed by atoms with Crippen molar-refractivity contribution in [2.24, 2.45) is 0 Å². The van der Waals surface area contributed by atoms with Gasteiger partial charge < -0.3 is 5.32 Å². The van der Waals surface area contributed by atoms with Gasteiger partial charge in [0.2, 0.25) is 5.91 Å². The summed E-state index contributed by atoms with van der Waals surface area (Å²) in [5, 5.41) is 11.9. The Morgan fingerprint density at radius 3 is 2.69 bits per heavy atom. The molecule has 0 fully saturated rings. The lowest BCUT2D eigenvalue weighted by molar-refractivity contribution is -0.385. The maximum Gasteiger partial charge on any atom is 0.274 e. The molecule has 1 N–H and O–H groups in total. The molecular formula is C9H8ClFN2O3. The average molecular weight is 247 g/mol. The standard InChI is InChI=1S/C9H8ClFN2O3/c1-5(10)9(14)12-7-2-6(11)3-8(4-7)13(15)16/h2-5H,1H3,(H,12,14). The number of hydrogen-bond donors (Lipinski definition) is 1. The van der Waals surface area contributed by atoms with Crippen LogP contribution in [-0.4, -0.2) is 16.2 Å². The highest BCUT2D eigenvalue weighted by Gasteiger charge is 2.13. The summed E-state index contributed by atoms with van der Waals surface area (Å²) in [5.74, 6) is -1.35. The number of anilines is 1. The molecule has 1 atom stereocenters. The van der Waals surface area contributed by atoms with Crippen molar-refractivity contribution in [3.63, 3.8) is 0 Å². The Labute approximate surface area is 95.4 Å². The maximum atomic E-state index is 13.0. The minimum atomic E-state index is -0.803. The van der Waals surface area contributed by atoms with Crippen LogP contribution in [-0.2, 0) is 4.79 Å². The van der Waals surface area contributed by atoms with Crippen molar-refractivity contribution >= 4 is 28.9 Å². The van der Waals surface area contributed by atoms with Crippen molar-refractivity contribution in [2.45, 2.75) is 12.3 Å². The van der Waals surface area contributed by atoms with Crippen LogP contribution in [0, 0.1) is 15.9 Å². The van der Waals surface area contributed by atoms with Crippen LogP contribution >= 0.6 is 11.6 Å². The van der Waals surface area contributed by atoms with Gasteiger partial charge in [0.1, 0.15) is 11.2 Å². The fourth-order valence-electron chi connectivity index (χ4n) is 0.993. The summed E-state index contributed by atoms with van der Waals surface area (Å²) in [4.78, 5) is 20.8. The van der Waals surface area contributed by atoms with Crippen LogP contribution in [0.5, 0.6) is 0 Å². The Morgan fingerprint density at radius 2 is 2.19 bits per heavy atom. The molecule has 86 valence electrons. The van der Waals surface area contributed by atoms with E-state index in [1.807, 2.05) is 0 Å². The molecule has 0 saturated carbocycles. The number of benzene rings is 1. The Hall–Kier alpha value is -1.69. The van der Waals surface area contributed by atoms with Crippen LogP contribution in [0.1, 0.15) is 6.92 Å². The zero-order valence-corrected chi connectivity index (χ0v) is 8.99. The van der Waals surface area contributed by atoms with Gasteiger partial charge in [0.15, 0.2) is 0 Å². The van der Waals surface area contributed by atoms with E-state index in [2.05, 4.69) is 5.32 Å². The molecule has 0 aliphatic carbocycles. The number of amides is 1. The number of rotatable bonds is 3. The zero-order chi connectivity index (χ0) is 12.3. The molecule has 0 aliphatic rings. The largest absolute Gasteiger partial charge is 0.324 e. The number of carbonyl (C=O) groups is 1. The van der Waals surface area contributed by atoms with Crippen LogP contribution in [0.15, 0.2) is 18.2 Å². The van der Waals surface area contributed by atoms with Gasteiger partial charge in [0.25, 0.3) is 5.69 Å². The van der Waals surface area contributed by atoms with Gasteiger partial charge in [-0.3, -0.25) is 14.9 Å². The van der Waals surface area contributed by atoms with Crippen LogP contribution < -0.4 is 5.32 Å². The first-order valence-corrected chi connectivity index (χ1v) is 4.73. The highest BCUT2D eigenvalue weighted by atomic mass is 35.5. The van der Waals surface area contributed by atoms with Gasteiger partial charge in [-0.25, -0.2) is 4.39 Å². The lowest BCUT2D eigenvalue weighted by Crippen LogP contribution is -2.20. The summed E-state index contributed by atoms with van der Waals surface area (Å²) in [7, 11) is 0. The lowest BCUT2D eigenvalue weighted by atomic mass is 10.2. The molecular weight excluding hydrogens is 239 g/mol. The molecule has 1 unspecified atom stereocenters. The molecule has 7 heteroatoms. The van der Waals surface area contributed by atoms with E-state index in [0.717, 1.165) is 18.2 Å². The fraction of sp³-hybridized carbons (Fsp3) is 0.222. The van der Waals surface area contributed by atoms with Crippen LogP contribution in [0.2, 0.25) is 0 Å². The smallest absolute Gasteiger partial charge is 0.274 e. The van der Waals surface area contributed by atoms with Gasteiger partial charge in [0.05, 0.1) is 16.7 Å². The third-order valence-corrected chi connectivity index (χ3v) is 1.92. The lowest BCUT2D eigenvalue weighted by Gasteiger charge is -2.06. The van der Waals surface area contributed by atoms with Crippen molar-refractivity contribution in [1.82, 2.24) is 0 Å². The molecule has 5 nitrogen and oxygen atoms in total. The topological polar surface area (TPSA) is 72.2 Å². The van der Waals surface area contributed by atoms with E-state index in [1.165, 1.54) is 6.92 Å². The number of non-ortho nitro benzene ring substituents is 1. The molecule has 1 aromatic rings. The van der Waals surface area contributed by atoms with Gasteiger partial charge >= 0.3 is 0 Å². The molecule has 0 aromatic heterocycles. The number of nitro benzene ring substituents is 1. The fourth-order valence-corrected chi connectivity index (χ4v) is 1.05. The Morgan fingerprint density at radius 1 is 1.56 bits per heavy atom. The first-order valence-electron chi connectivity index (χ1n) is 4.30. The van der Waals surface area contributed by atoms with Crippen molar-refractivity contribution in [3.05, 3.63) is 34.1 Å². The molecule has 1 amide bonds. The number of alkyl halides is 1. The highest BCUT2D eigenvalue weighted by Crippen LogP contribution is 2.20. The number of nitrogens with one attached hydrogen (secondary N) is 1. The summed E-state index contributed by atoms with van der Waals surface area (Å²) in [6.45, 7) is 1.44. The van der Waals surface area contributed by atoms with Gasteiger partial charge in [0, 0.05) is 6.07 Å². The number of carbonyl (C=O) groups excluding carboxylic acids is 1. The summed E-state index contributed by atoms with van der Waals surface area (Å²) >= 11 is 5.48. The summed E-state index contributed by atoms with van der Waals surface area (Å²) < 4.78 is 13.0. The quantitative estimate of drug-likeness (QED) is 0.505. The van der Waals surface area contributed by atoms with Crippen LogP contribution in [0.4, 0.5) is 15.8 Å². The van der Waals surface area contributed by atoms with Crippen molar-refractivity contribution in [2.75, 3.05) is 5.32 Å². The number of nitro groups is 1. The average Bonchev–Trinajstić information content (AvgIpc) is 2.16. The Balaban J connectivity index is 2.97. The van der Waals surface area contributed by atoms with E-state index >= 15 is 0 Å². The van der Waals surface area contributed by atoms with Crippen molar-refractivity contribution in [3.8, 4) is 0 Å². The highest BCUT2D eigenvalue weighted by molar-refractivity contribution is 6.32. The number of halogens is 2. The van der Waals surface area contributed by atoms with Crippen molar-refractivity contribution < 1.29 is 14.1 Å². The predicted molar refractivity (Wildman–Crippen MR) is 57.0 cm³/mol. The van der Waals surface area contributed by atoms with Crippen molar-refractivity contribution in [1.29, 1.82) is 0 Å². The van der Waals surface area contributed by atoms with E-state index in [-0.39, 0.29) is 5.69 Å². The molecule has 0 bridgehead atoms. The van der Waals surface area contributed by atoms with E-state index < -0.39 is 27.7 Å². The number of nitrogens with zero attached hydrogens (tertiary/aromatic N) is 1. The van der Waals surface area contributed by atoms with Gasteiger partial charge in [-0.05, 0) is 13.0 Å². The minimum absolute atomic E-state index is 0.00389. The minimum Gasteiger partial charge on any atom is -0.324 e. The number of hydrogen-bond acceptors (Lipinski definition) is 3. The van der Waals surface area contributed by atoms with E-state index in [0.29, 0.717) is 0 Å². The molecule has 1 rings (SSSR count). The molecule has 0 saturated heterocycles. The van der Waals surface area contributed by atoms with E-state index in [4.69, 9.17) is 11.6 Å². The zero-order valence-electron chi connectivity index (χ0n) is 8.24. The third kappa shape index (κ3) is 3.16. The third-order valence-electron chi connectivity index (χ3n) is 1.72. The maximum absolute atomic E-state index is 13.0. The monoisotopic (exact) mass is 246 g/mol. The van der Waals surface area contributed by atoms with E-state index in [9.17, 15) is 19.3 Å². The second-order valence-electron chi connectivity index (χ2n) is 3.06. The Kier molecular flexibility index (Phi) is 3.78. The molecule has 1 aromatic carbocycles. The summed E-state index contributed by atoms with van der Waals surface area (Å²) in [5.41, 5.74) is -0.429. The molecule has 0 radical (unpaired) electrons. The SMILES string of the molecule is CC(Cl)C(=O)Nc1cc(F)cc([N+](=O)[O-])c1. The Bertz CT molecular complexity index is 437. The summed E-state index contributed by atoms with van der Waals surface area (Å²) in [6, 6.07) is 2.80. The molecule has 0 spiro atoms. The van der Waals surface area contributed by atoms with Crippen LogP contribution in [0.25, 0.3) is 0 Å². The molecule has 0 heterocycles. The second-order valence-corrected chi connectivity index (χ2v) is 3.72. The summed E-state index contributed by atoms with van der Waals surface area (Å²) in [6.07, 6.45) is 0. The van der Waals surface area contributed by atoms with Gasteiger partial charge in [-0.15, -0.1) is 11.6 Å².